The van der Waals surface area contributed by atoms with Crippen molar-refractivity contribution in [1.82, 2.24) is 4.98 Å². The second kappa shape index (κ2) is 9.84. The van der Waals surface area contributed by atoms with Crippen molar-refractivity contribution in [3.8, 4) is 17.2 Å². The van der Waals surface area contributed by atoms with Crippen LogP contribution in [0, 0.1) is 6.92 Å². The van der Waals surface area contributed by atoms with Crippen molar-refractivity contribution in [2.24, 2.45) is 0 Å². The first-order chi connectivity index (χ1) is 18.5. The van der Waals surface area contributed by atoms with E-state index in [1.807, 2.05) is 0 Å². The zero-order valence-electron chi connectivity index (χ0n) is 21.0. The molecule has 0 saturated carbocycles. The summed E-state index contributed by atoms with van der Waals surface area (Å²) < 4.78 is 40.7. The van der Waals surface area contributed by atoms with E-state index < -0.39 is 24.2 Å². The van der Waals surface area contributed by atoms with Crippen LogP contribution in [0.1, 0.15) is 44.9 Å². The number of aromatic nitrogens is 1. The third-order valence-electron chi connectivity index (χ3n) is 6.14. The molecule has 2 amide bonds. The first-order valence-corrected chi connectivity index (χ1v) is 11.8. The molecular weight excluding hydrogens is 512 g/mol. The molecule has 0 radical (unpaired) electrons. The lowest BCUT2D eigenvalue weighted by Crippen LogP contribution is -2.25. The molecule has 39 heavy (non-hydrogen) atoms. The van der Waals surface area contributed by atoms with Gasteiger partial charge >= 0.3 is 6.29 Å². The van der Waals surface area contributed by atoms with Gasteiger partial charge in [-0.15, -0.1) is 8.78 Å². The first-order valence-electron chi connectivity index (χ1n) is 11.8. The van der Waals surface area contributed by atoms with Gasteiger partial charge in [0.05, 0.1) is 30.6 Å². The van der Waals surface area contributed by atoms with Gasteiger partial charge < -0.3 is 30.0 Å². The number of alkyl halides is 2. The van der Waals surface area contributed by atoms with Gasteiger partial charge in [0, 0.05) is 27.8 Å². The highest BCUT2D eigenvalue weighted by molar-refractivity contribution is 6.08. The van der Waals surface area contributed by atoms with E-state index in [1.54, 1.807) is 44.2 Å². The number of aryl methyl sites for hydroxylation is 1. The molecule has 0 bridgehead atoms. The van der Waals surface area contributed by atoms with Crippen molar-refractivity contribution < 1.29 is 37.7 Å². The molecule has 5 rings (SSSR count). The van der Waals surface area contributed by atoms with E-state index in [0.29, 0.717) is 44.7 Å². The van der Waals surface area contributed by atoms with E-state index in [0.717, 1.165) is 6.07 Å². The molecule has 9 nitrogen and oxygen atoms in total. The van der Waals surface area contributed by atoms with Gasteiger partial charge in [-0.1, -0.05) is 6.07 Å². The molecule has 1 aliphatic rings. The van der Waals surface area contributed by atoms with Crippen LogP contribution in [-0.2, 0) is 0 Å². The number of methoxy groups -OCH3 is 1. The van der Waals surface area contributed by atoms with Crippen LogP contribution in [0.5, 0.6) is 17.2 Å². The average molecular weight is 536 g/mol. The van der Waals surface area contributed by atoms with Crippen LogP contribution in [0.25, 0.3) is 10.9 Å². The summed E-state index contributed by atoms with van der Waals surface area (Å²) >= 11 is 0. The maximum absolute atomic E-state index is 13.3. The van der Waals surface area contributed by atoms with Crippen molar-refractivity contribution in [2.75, 3.05) is 17.7 Å². The van der Waals surface area contributed by atoms with Crippen molar-refractivity contribution in [2.45, 2.75) is 26.2 Å². The van der Waals surface area contributed by atoms with Gasteiger partial charge in [0.1, 0.15) is 5.75 Å². The number of ether oxygens (including phenoxy) is 3. The van der Waals surface area contributed by atoms with Gasteiger partial charge in [-0.25, -0.2) is 0 Å². The number of halogens is 2. The van der Waals surface area contributed by atoms with Gasteiger partial charge in [0.2, 0.25) is 0 Å². The summed E-state index contributed by atoms with van der Waals surface area (Å²) in [6.07, 6.45) is -3.02. The quantitative estimate of drug-likeness (QED) is 0.301. The monoisotopic (exact) mass is 535 g/mol. The van der Waals surface area contributed by atoms with Crippen LogP contribution in [0.15, 0.2) is 60.8 Å². The van der Waals surface area contributed by atoms with Gasteiger partial charge in [-0.3, -0.25) is 14.6 Å². The molecule has 0 saturated heterocycles. The molecule has 4 aromatic rings. The molecule has 3 N–H and O–H groups in total. The zero-order chi connectivity index (χ0) is 27.9. The Hall–Kier alpha value is -4.77. The molecular formula is C28H23F2N3O6. The third-order valence-corrected chi connectivity index (χ3v) is 6.14. The zero-order valence-corrected chi connectivity index (χ0v) is 21.0. The number of nitrogens with one attached hydrogen (secondary N) is 2. The number of hydrogen-bond donors (Lipinski definition) is 3. The third kappa shape index (κ3) is 5.30. The fourth-order valence-electron chi connectivity index (χ4n) is 4.18. The normalized spacial score (nSPS) is 14.1. The number of fused-ring (bicyclic) bond motifs is 2. The molecule has 1 unspecified atom stereocenters. The van der Waals surface area contributed by atoms with Crippen molar-refractivity contribution in [3.05, 3.63) is 83.0 Å². The van der Waals surface area contributed by atoms with Crippen LogP contribution in [0.2, 0.25) is 0 Å². The lowest BCUT2D eigenvalue weighted by molar-refractivity contribution is -0.286. The number of rotatable bonds is 6. The molecule has 0 spiro atoms. The van der Waals surface area contributed by atoms with E-state index in [9.17, 15) is 23.5 Å². The van der Waals surface area contributed by atoms with Gasteiger partial charge in [0.15, 0.2) is 11.5 Å². The predicted molar refractivity (Wildman–Crippen MR) is 139 cm³/mol. The predicted octanol–water partition coefficient (Wildman–Crippen LogP) is 5.43. The average Bonchev–Trinajstić information content (AvgIpc) is 3.21. The number of carbonyl (C=O) groups is 2. The number of aliphatic hydroxyl groups excluding tert-OH is 1. The minimum atomic E-state index is -3.79. The lowest BCUT2D eigenvalue weighted by Gasteiger charge is -2.14. The number of aliphatic hydroxyl groups is 1. The Morgan fingerprint density at radius 2 is 1.72 bits per heavy atom. The van der Waals surface area contributed by atoms with Crippen LogP contribution < -0.4 is 24.8 Å². The van der Waals surface area contributed by atoms with Crippen LogP contribution in [-0.4, -0.2) is 35.3 Å². The molecule has 0 fully saturated rings. The number of amides is 2. The molecule has 1 aliphatic heterocycles. The van der Waals surface area contributed by atoms with Gasteiger partial charge in [-0.2, -0.15) is 0 Å². The minimum Gasteiger partial charge on any atom is -0.496 e. The van der Waals surface area contributed by atoms with E-state index in [2.05, 4.69) is 25.1 Å². The molecule has 0 aliphatic carbocycles. The van der Waals surface area contributed by atoms with E-state index in [1.165, 1.54) is 31.5 Å². The van der Waals surface area contributed by atoms with Crippen LogP contribution in [0.4, 0.5) is 20.2 Å². The number of anilines is 2. The second-order valence-electron chi connectivity index (χ2n) is 8.95. The smallest absolute Gasteiger partial charge is 0.496 e. The Morgan fingerprint density at radius 3 is 2.46 bits per heavy atom. The van der Waals surface area contributed by atoms with E-state index in [4.69, 9.17) is 4.74 Å². The summed E-state index contributed by atoms with van der Waals surface area (Å²) in [5, 5.41) is 16.2. The number of hydrogen-bond acceptors (Lipinski definition) is 7. The summed E-state index contributed by atoms with van der Waals surface area (Å²) in [6.45, 7) is 3.38. The van der Waals surface area contributed by atoms with E-state index >= 15 is 0 Å². The van der Waals surface area contributed by atoms with Gasteiger partial charge in [0.25, 0.3) is 11.8 Å². The summed E-state index contributed by atoms with van der Waals surface area (Å²) in [6, 6.07) is 13.7. The number of benzene rings is 3. The Balaban J connectivity index is 1.34. The molecule has 1 atom stereocenters. The summed E-state index contributed by atoms with van der Waals surface area (Å²) in [5.41, 5.74) is 3.02. The standard InChI is InChI=1S/C28H23F2N3O6/c1-14-4-6-18(32-26(35)16-5-7-23-25(9-16)39-28(29,30)38-23)11-20(14)27(36)33-19-8-17-10-24(37-3)21(15(2)34)12-22(17)31-13-19/h4-13,15,34H,1-3H3,(H,32,35)(H,33,36). The van der Waals surface area contributed by atoms with Crippen molar-refractivity contribution in [3.63, 3.8) is 0 Å². The Morgan fingerprint density at radius 1 is 0.974 bits per heavy atom. The van der Waals surface area contributed by atoms with Crippen molar-refractivity contribution in [1.29, 1.82) is 0 Å². The molecule has 3 aromatic carbocycles. The molecule has 200 valence electrons. The van der Waals surface area contributed by atoms with Crippen LogP contribution in [0.3, 0.4) is 0 Å². The molecule has 11 heteroatoms. The largest absolute Gasteiger partial charge is 0.586 e. The summed E-state index contributed by atoms with van der Waals surface area (Å²) in [4.78, 5) is 30.3. The number of nitrogens with zero attached hydrogens (tertiary/aromatic N) is 1. The maximum atomic E-state index is 13.3. The lowest BCUT2D eigenvalue weighted by atomic mass is 10.1. The minimum absolute atomic E-state index is 0.0676. The van der Waals surface area contributed by atoms with Crippen LogP contribution >= 0.6 is 0 Å². The fraction of sp³-hybridized carbons (Fsp3) is 0.179. The SMILES string of the molecule is COc1cc2cc(NC(=O)c3cc(NC(=O)c4ccc5c(c4)OC(F)(F)O5)ccc3C)cnc2cc1C(C)O. The topological polar surface area (TPSA) is 119 Å². The Bertz CT molecular complexity index is 1620. The molecule has 1 aromatic heterocycles. The highest BCUT2D eigenvalue weighted by Crippen LogP contribution is 2.41. The highest BCUT2D eigenvalue weighted by Gasteiger charge is 2.43. The van der Waals surface area contributed by atoms with Gasteiger partial charge in [-0.05, 0) is 67.9 Å². The highest BCUT2D eigenvalue weighted by atomic mass is 19.3. The first kappa shape index (κ1) is 25.9. The summed E-state index contributed by atoms with van der Waals surface area (Å²) in [7, 11) is 1.51. The van der Waals surface area contributed by atoms with Crippen molar-refractivity contribution >= 4 is 34.1 Å². The Kier molecular flexibility index (Phi) is 6.52. The fourth-order valence-corrected chi connectivity index (χ4v) is 4.18. The number of carbonyl (C=O) groups excluding carboxylic acids is 2. The summed E-state index contributed by atoms with van der Waals surface area (Å²) in [5.74, 6) is -0.937. The number of pyridine rings is 1. The van der Waals surface area contributed by atoms with E-state index in [-0.39, 0.29) is 17.1 Å². The second-order valence-corrected chi connectivity index (χ2v) is 8.95. The maximum Gasteiger partial charge on any atom is 0.586 e. The Labute approximate surface area is 221 Å². The molecule has 2 heterocycles.